The largest absolute Gasteiger partial charge is 0.473 e. The second-order valence-corrected chi connectivity index (χ2v) is 6.91. The highest BCUT2D eigenvalue weighted by atomic mass is 16.5. The number of carbonyl (C=O) groups excluding carboxylic acids is 1. The molecule has 3 heterocycles. The third-order valence-corrected chi connectivity index (χ3v) is 4.32. The predicted molar refractivity (Wildman–Crippen MR) is 110 cm³/mol. The Balaban J connectivity index is 1.68. The number of hydrogen-bond donors (Lipinski definition) is 1. The molecule has 0 aliphatic heterocycles. The zero-order chi connectivity index (χ0) is 21.1. The van der Waals surface area contributed by atoms with Crippen molar-refractivity contribution in [3.8, 4) is 28.4 Å². The van der Waals surface area contributed by atoms with Gasteiger partial charge in [0.05, 0.1) is 23.6 Å². The summed E-state index contributed by atoms with van der Waals surface area (Å²) in [5.74, 6) is 0.361. The van der Waals surface area contributed by atoms with Crippen LogP contribution < -0.4 is 10.1 Å². The number of hydrogen-bond acceptors (Lipinski definition) is 7. The quantitative estimate of drug-likeness (QED) is 0.495. The van der Waals surface area contributed by atoms with Crippen molar-refractivity contribution in [2.75, 3.05) is 5.32 Å². The lowest BCUT2D eigenvalue weighted by atomic mass is 10.1. The molecule has 1 aromatic carbocycles. The minimum absolute atomic E-state index is 0.136. The van der Waals surface area contributed by atoms with Crippen LogP contribution >= 0.6 is 0 Å². The third-order valence-electron chi connectivity index (χ3n) is 4.32. The van der Waals surface area contributed by atoms with Gasteiger partial charge in [-0.25, -0.2) is 4.98 Å². The van der Waals surface area contributed by atoms with Gasteiger partial charge in [0, 0.05) is 5.56 Å². The van der Waals surface area contributed by atoms with Crippen LogP contribution in [-0.4, -0.2) is 27.3 Å². The lowest BCUT2D eigenvalue weighted by molar-refractivity contribution is 0.102. The van der Waals surface area contributed by atoms with Crippen LogP contribution in [0.3, 0.4) is 0 Å². The summed E-state index contributed by atoms with van der Waals surface area (Å²) in [5, 5.41) is 10.6. The van der Waals surface area contributed by atoms with E-state index < -0.39 is 0 Å². The first kappa shape index (κ1) is 19.4. The summed E-state index contributed by atoms with van der Waals surface area (Å²) in [6.07, 6.45) is 2.92. The van der Waals surface area contributed by atoms with E-state index in [-0.39, 0.29) is 12.0 Å². The van der Waals surface area contributed by atoms with Gasteiger partial charge in [0.2, 0.25) is 5.88 Å². The smallest absolute Gasteiger partial charge is 0.261 e. The Labute approximate surface area is 172 Å². The number of nitrogens with zero attached hydrogens (tertiary/aromatic N) is 3. The average molecular weight is 404 g/mol. The third kappa shape index (κ3) is 3.93. The zero-order valence-corrected chi connectivity index (χ0v) is 16.7. The molecule has 1 N–H and O–H groups in total. The maximum atomic E-state index is 13.1. The molecule has 0 unspecified atom stereocenters. The van der Waals surface area contributed by atoms with Gasteiger partial charge >= 0.3 is 0 Å². The van der Waals surface area contributed by atoms with Gasteiger partial charge < -0.3 is 19.1 Å². The summed E-state index contributed by atoms with van der Waals surface area (Å²) < 4.78 is 16.0. The van der Waals surface area contributed by atoms with E-state index in [1.807, 2.05) is 44.2 Å². The van der Waals surface area contributed by atoms with Crippen LogP contribution in [0.25, 0.3) is 22.5 Å². The molecule has 0 aliphatic carbocycles. The number of carbonyl (C=O) groups is 1. The van der Waals surface area contributed by atoms with Crippen molar-refractivity contribution in [3.63, 3.8) is 0 Å². The molecule has 8 nitrogen and oxygen atoms in total. The van der Waals surface area contributed by atoms with Gasteiger partial charge in [-0.1, -0.05) is 40.6 Å². The molecule has 0 saturated heterocycles. The minimum Gasteiger partial charge on any atom is -0.473 e. The fourth-order valence-electron chi connectivity index (χ4n) is 2.96. The molecule has 152 valence electrons. The molecular formula is C22H20N4O4. The lowest BCUT2D eigenvalue weighted by Crippen LogP contribution is -2.16. The molecule has 0 spiro atoms. The molecule has 30 heavy (non-hydrogen) atoms. The van der Waals surface area contributed by atoms with E-state index in [4.69, 9.17) is 13.8 Å². The van der Waals surface area contributed by atoms with Crippen molar-refractivity contribution in [3.05, 3.63) is 66.2 Å². The first-order chi connectivity index (χ1) is 14.5. The first-order valence-electron chi connectivity index (χ1n) is 9.43. The number of amides is 1. The van der Waals surface area contributed by atoms with Crippen molar-refractivity contribution >= 4 is 11.6 Å². The van der Waals surface area contributed by atoms with Gasteiger partial charge in [-0.3, -0.25) is 4.79 Å². The number of aromatic nitrogens is 3. The number of pyridine rings is 1. The molecule has 4 aromatic rings. The Morgan fingerprint density at radius 1 is 1.10 bits per heavy atom. The van der Waals surface area contributed by atoms with Crippen molar-refractivity contribution < 1.29 is 18.6 Å². The summed E-state index contributed by atoms with van der Waals surface area (Å²) >= 11 is 0. The highest BCUT2D eigenvalue weighted by molar-refractivity contribution is 6.09. The molecule has 4 rings (SSSR count). The number of rotatable bonds is 6. The van der Waals surface area contributed by atoms with E-state index >= 15 is 0 Å². The fraction of sp³-hybridized carbons (Fsp3) is 0.182. The van der Waals surface area contributed by atoms with Crippen molar-refractivity contribution in [2.24, 2.45) is 0 Å². The molecule has 0 aliphatic rings. The second kappa shape index (κ2) is 8.20. The second-order valence-electron chi connectivity index (χ2n) is 6.91. The van der Waals surface area contributed by atoms with Gasteiger partial charge in [-0.15, -0.1) is 0 Å². The van der Waals surface area contributed by atoms with Crippen LogP contribution in [0.2, 0.25) is 0 Å². The van der Waals surface area contributed by atoms with Crippen LogP contribution in [0, 0.1) is 6.92 Å². The van der Waals surface area contributed by atoms with Gasteiger partial charge in [0.25, 0.3) is 5.91 Å². The molecule has 0 radical (unpaired) electrons. The Hall–Kier alpha value is -3.94. The van der Waals surface area contributed by atoms with Gasteiger partial charge in [0.1, 0.15) is 29.0 Å². The Morgan fingerprint density at radius 2 is 1.90 bits per heavy atom. The predicted octanol–water partition coefficient (Wildman–Crippen LogP) is 4.74. The number of nitrogens with one attached hydrogen (secondary N) is 1. The number of aryl methyl sites for hydroxylation is 1. The van der Waals surface area contributed by atoms with Crippen LogP contribution in [0.5, 0.6) is 5.88 Å². The summed E-state index contributed by atoms with van der Waals surface area (Å²) in [6.45, 7) is 5.47. The van der Waals surface area contributed by atoms with Crippen LogP contribution in [0.1, 0.15) is 30.0 Å². The molecule has 0 fully saturated rings. The van der Waals surface area contributed by atoms with E-state index in [1.165, 1.54) is 6.26 Å². The fourth-order valence-corrected chi connectivity index (χ4v) is 2.96. The number of anilines is 1. The maximum absolute atomic E-state index is 13.1. The Kier molecular flexibility index (Phi) is 5.30. The lowest BCUT2D eigenvalue weighted by Gasteiger charge is -2.15. The summed E-state index contributed by atoms with van der Waals surface area (Å²) in [4.78, 5) is 17.6. The van der Waals surface area contributed by atoms with E-state index in [1.54, 1.807) is 25.3 Å². The minimum atomic E-state index is -0.360. The average Bonchev–Trinajstić information content (AvgIpc) is 3.39. The topological polar surface area (TPSA) is 103 Å². The van der Waals surface area contributed by atoms with Gasteiger partial charge in [-0.2, -0.15) is 0 Å². The Bertz CT molecular complexity index is 1150. The monoisotopic (exact) mass is 404 g/mol. The summed E-state index contributed by atoms with van der Waals surface area (Å²) in [5.41, 5.74) is 3.40. The van der Waals surface area contributed by atoms with E-state index in [2.05, 4.69) is 20.6 Å². The molecular weight excluding hydrogens is 384 g/mol. The van der Waals surface area contributed by atoms with Crippen LogP contribution in [0.4, 0.5) is 5.69 Å². The van der Waals surface area contributed by atoms with Gasteiger partial charge in [-0.05, 0) is 32.9 Å². The molecule has 0 bridgehead atoms. The molecule has 1 amide bonds. The maximum Gasteiger partial charge on any atom is 0.261 e. The summed E-state index contributed by atoms with van der Waals surface area (Å²) in [6, 6.07) is 12.9. The van der Waals surface area contributed by atoms with Crippen LogP contribution in [0.15, 0.2) is 64.0 Å². The van der Waals surface area contributed by atoms with Crippen molar-refractivity contribution in [1.29, 1.82) is 0 Å². The van der Waals surface area contributed by atoms with Crippen molar-refractivity contribution in [1.82, 2.24) is 15.3 Å². The van der Waals surface area contributed by atoms with Crippen LogP contribution in [-0.2, 0) is 0 Å². The molecule has 0 atom stereocenters. The molecule has 8 heteroatoms. The molecule has 0 saturated carbocycles. The number of ether oxygens (including phenoxy) is 1. The van der Waals surface area contributed by atoms with Gasteiger partial charge in [0.15, 0.2) is 0 Å². The van der Waals surface area contributed by atoms with Crippen molar-refractivity contribution in [2.45, 2.75) is 26.9 Å². The normalized spacial score (nSPS) is 10.9. The van der Waals surface area contributed by atoms with E-state index in [9.17, 15) is 4.79 Å². The standard InChI is InChI=1S/C22H20N4O4/c1-13(2)29-22-18(10-9-17(25-22)16-11-23-28-12-16)24-21(27)19-14(3)30-26-20(19)15-7-5-4-6-8-15/h4-13H,1-3H3,(H,24,27). The number of benzene rings is 1. The highest BCUT2D eigenvalue weighted by Crippen LogP contribution is 2.30. The summed E-state index contributed by atoms with van der Waals surface area (Å²) in [7, 11) is 0. The Morgan fingerprint density at radius 3 is 2.60 bits per heavy atom. The SMILES string of the molecule is Cc1onc(-c2ccccc2)c1C(=O)Nc1ccc(-c2cnoc2)nc1OC(C)C. The van der Waals surface area contributed by atoms with E-state index in [0.717, 1.165) is 5.56 Å². The zero-order valence-electron chi connectivity index (χ0n) is 16.7. The van der Waals surface area contributed by atoms with E-state index in [0.29, 0.717) is 39.8 Å². The molecule has 3 aromatic heterocycles. The highest BCUT2D eigenvalue weighted by Gasteiger charge is 2.23. The first-order valence-corrected chi connectivity index (χ1v) is 9.43.